The topological polar surface area (TPSA) is 38.3 Å². The highest BCUT2D eigenvalue weighted by Gasteiger charge is 2.02. The van der Waals surface area contributed by atoms with Crippen LogP contribution in [-0.2, 0) is 9.53 Å². The molecule has 0 spiro atoms. The average Bonchev–Trinajstić information content (AvgIpc) is 2.01. The third-order valence-corrected chi connectivity index (χ3v) is 1.45. The summed E-state index contributed by atoms with van der Waals surface area (Å²) >= 11 is 0. The Hall–Kier alpha value is -0.990. The van der Waals surface area contributed by atoms with Gasteiger partial charge in [-0.1, -0.05) is 19.9 Å². The molecule has 3 heteroatoms. The molecule has 3 nitrogen and oxygen atoms in total. The van der Waals surface area contributed by atoms with E-state index in [2.05, 4.69) is 18.8 Å². The van der Waals surface area contributed by atoms with Crippen LogP contribution in [0, 0.1) is 0 Å². The minimum atomic E-state index is 0.191. The first-order valence-electron chi connectivity index (χ1n) is 4.22. The monoisotopic (exact) mass is 171 g/mol. The Morgan fingerprint density at radius 1 is 1.75 bits per heavy atom. The molecule has 0 aliphatic heterocycles. The van der Waals surface area contributed by atoms with E-state index in [1.54, 1.807) is 0 Å². The van der Waals surface area contributed by atoms with Crippen LogP contribution in [0.3, 0.4) is 0 Å². The molecule has 0 saturated carbocycles. The Morgan fingerprint density at radius 2 is 2.42 bits per heavy atom. The minimum Gasteiger partial charge on any atom is -0.494 e. The molecule has 0 fully saturated rings. The predicted molar refractivity (Wildman–Crippen MR) is 48.7 cm³/mol. The molecular formula is C9H17NO2. The van der Waals surface area contributed by atoms with E-state index in [9.17, 15) is 4.79 Å². The van der Waals surface area contributed by atoms with Crippen molar-refractivity contribution in [3.8, 4) is 0 Å². The molecule has 0 heterocycles. The lowest BCUT2D eigenvalue weighted by Crippen LogP contribution is -2.18. The largest absolute Gasteiger partial charge is 0.494 e. The van der Waals surface area contributed by atoms with Gasteiger partial charge in [0.2, 0.25) is 6.41 Å². The van der Waals surface area contributed by atoms with E-state index in [0.717, 1.165) is 12.8 Å². The first-order chi connectivity index (χ1) is 5.70. The highest BCUT2D eigenvalue weighted by molar-refractivity contribution is 5.46. The van der Waals surface area contributed by atoms with Crippen molar-refractivity contribution < 1.29 is 9.53 Å². The van der Waals surface area contributed by atoms with Gasteiger partial charge in [-0.05, 0) is 13.3 Å². The summed E-state index contributed by atoms with van der Waals surface area (Å²) in [5, 5.41) is 2.49. The van der Waals surface area contributed by atoms with Crippen molar-refractivity contribution in [2.45, 2.75) is 32.8 Å². The minimum absolute atomic E-state index is 0.191. The lowest BCUT2D eigenvalue weighted by molar-refractivity contribution is -0.109. The molecule has 70 valence electrons. The Bertz CT molecular complexity index is 145. The molecule has 12 heavy (non-hydrogen) atoms. The molecule has 0 aromatic carbocycles. The zero-order chi connectivity index (χ0) is 9.40. The van der Waals surface area contributed by atoms with Crippen molar-refractivity contribution in [1.29, 1.82) is 0 Å². The molecule has 0 aromatic rings. The SMILES string of the molecule is C=C(CNC=O)OC(C)CCC. The number of carbonyl (C=O) groups is 1. The number of nitrogens with one attached hydrogen (secondary N) is 1. The first kappa shape index (κ1) is 11.0. The molecule has 0 rings (SSSR count). The average molecular weight is 171 g/mol. The van der Waals surface area contributed by atoms with E-state index in [-0.39, 0.29) is 6.10 Å². The maximum atomic E-state index is 9.91. The van der Waals surface area contributed by atoms with Crippen molar-refractivity contribution in [2.24, 2.45) is 0 Å². The van der Waals surface area contributed by atoms with Gasteiger partial charge in [0.1, 0.15) is 5.76 Å². The third kappa shape index (κ3) is 5.77. The number of rotatable bonds is 7. The zero-order valence-electron chi connectivity index (χ0n) is 7.80. The smallest absolute Gasteiger partial charge is 0.207 e. The number of hydrogen-bond donors (Lipinski definition) is 1. The standard InChI is InChI=1S/C9H17NO2/c1-4-5-8(2)12-9(3)6-10-7-11/h7-8H,3-6H2,1-2H3,(H,10,11). The van der Waals surface area contributed by atoms with Gasteiger partial charge in [0.25, 0.3) is 0 Å². The maximum absolute atomic E-state index is 9.91. The van der Waals surface area contributed by atoms with E-state index < -0.39 is 0 Å². The number of hydrogen-bond acceptors (Lipinski definition) is 2. The van der Waals surface area contributed by atoms with E-state index >= 15 is 0 Å². The maximum Gasteiger partial charge on any atom is 0.207 e. The van der Waals surface area contributed by atoms with E-state index in [1.807, 2.05) is 6.92 Å². The second-order valence-electron chi connectivity index (χ2n) is 2.75. The summed E-state index contributed by atoms with van der Waals surface area (Å²) in [6.45, 7) is 8.17. The molecule has 1 amide bonds. The predicted octanol–water partition coefficient (Wildman–Crippen LogP) is 1.45. The van der Waals surface area contributed by atoms with Crippen LogP contribution in [0.5, 0.6) is 0 Å². The number of amides is 1. The summed E-state index contributed by atoms with van der Waals surface area (Å²) in [6.07, 6.45) is 2.94. The fourth-order valence-electron chi connectivity index (χ4n) is 0.947. The van der Waals surface area contributed by atoms with Crippen molar-refractivity contribution >= 4 is 6.41 Å². The van der Waals surface area contributed by atoms with Crippen molar-refractivity contribution in [3.05, 3.63) is 12.3 Å². The Morgan fingerprint density at radius 3 is 2.92 bits per heavy atom. The second kappa shape index (κ2) is 6.70. The summed E-state index contributed by atoms with van der Waals surface area (Å²) in [6, 6.07) is 0. The van der Waals surface area contributed by atoms with Crippen LogP contribution in [0.15, 0.2) is 12.3 Å². The van der Waals surface area contributed by atoms with Crippen LogP contribution in [0.1, 0.15) is 26.7 Å². The number of ether oxygens (including phenoxy) is 1. The Balaban J connectivity index is 3.46. The second-order valence-corrected chi connectivity index (χ2v) is 2.75. The van der Waals surface area contributed by atoms with Crippen LogP contribution < -0.4 is 5.32 Å². The quantitative estimate of drug-likeness (QED) is 0.465. The molecule has 0 aromatic heterocycles. The van der Waals surface area contributed by atoms with Gasteiger partial charge in [-0.3, -0.25) is 4.79 Å². The van der Waals surface area contributed by atoms with E-state index in [1.165, 1.54) is 0 Å². The fraction of sp³-hybridized carbons (Fsp3) is 0.667. The fourth-order valence-corrected chi connectivity index (χ4v) is 0.947. The van der Waals surface area contributed by atoms with Gasteiger partial charge in [0.15, 0.2) is 0 Å². The first-order valence-corrected chi connectivity index (χ1v) is 4.22. The summed E-state index contributed by atoms with van der Waals surface area (Å²) in [4.78, 5) is 9.91. The summed E-state index contributed by atoms with van der Waals surface area (Å²) in [5.74, 6) is 0.614. The number of carbonyl (C=O) groups excluding carboxylic acids is 1. The van der Waals surface area contributed by atoms with Crippen LogP contribution in [-0.4, -0.2) is 19.1 Å². The van der Waals surface area contributed by atoms with Gasteiger partial charge < -0.3 is 10.1 Å². The molecule has 0 radical (unpaired) electrons. The van der Waals surface area contributed by atoms with Crippen LogP contribution in [0.25, 0.3) is 0 Å². The van der Waals surface area contributed by atoms with Gasteiger partial charge >= 0.3 is 0 Å². The van der Waals surface area contributed by atoms with Crippen molar-refractivity contribution in [3.63, 3.8) is 0 Å². The van der Waals surface area contributed by atoms with Crippen LogP contribution in [0.2, 0.25) is 0 Å². The Labute approximate surface area is 73.8 Å². The van der Waals surface area contributed by atoms with Crippen molar-refractivity contribution in [2.75, 3.05) is 6.54 Å². The molecule has 0 saturated heterocycles. The summed E-state index contributed by atoms with van der Waals surface area (Å²) < 4.78 is 5.38. The zero-order valence-corrected chi connectivity index (χ0v) is 7.80. The highest BCUT2D eigenvalue weighted by Crippen LogP contribution is 2.04. The van der Waals surface area contributed by atoms with Crippen LogP contribution >= 0.6 is 0 Å². The van der Waals surface area contributed by atoms with E-state index in [4.69, 9.17) is 4.74 Å². The normalized spacial score (nSPS) is 11.8. The lowest BCUT2D eigenvalue weighted by atomic mass is 10.2. The summed E-state index contributed by atoms with van der Waals surface area (Å²) in [5.41, 5.74) is 0. The van der Waals surface area contributed by atoms with Gasteiger partial charge in [0, 0.05) is 0 Å². The summed E-state index contributed by atoms with van der Waals surface area (Å²) in [7, 11) is 0. The highest BCUT2D eigenvalue weighted by atomic mass is 16.5. The molecule has 1 unspecified atom stereocenters. The molecule has 0 aliphatic rings. The lowest BCUT2D eigenvalue weighted by Gasteiger charge is -2.15. The van der Waals surface area contributed by atoms with Crippen LogP contribution in [0.4, 0.5) is 0 Å². The van der Waals surface area contributed by atoms with E-state index in [0.29, 0.717) is 18.7 Å². The molecule has 0 bridgehead atoms. The van der Waals surface area contributed by atoms with Gasteiger partial charge in [-0.2, -0.15) is 0 Å². The molecule has 0 aliphatic carbocycles. The molecular weight excluding hydrogens is 154 g/mol. The van der Waals surface area contributed by atoms with Crippen molar-refractivity contribution in [1.82, 2.24) is 5.32 Å². The molecule has 1 atom stereocenters. The third-order valence-electron chi connectivity index (χ3n) is 1.45. The van der Waals surface area contributed by atoms with Gasteiger partial charge in [-0.25, -0.2) is 0 Å². The van der Waals surface area contributed by atoms with Gasteiger partial charge in [0.05, 0.1) is 12.6 Å². The van der Waals surface area contributed by atoms with Gasteiger partial charge in [-0.15, -0.1) is 0 Å². The Kier molecular flexibility index (Phi) is 6.15. The molecule has 1 N–H and O–H groups in total.